The minimum Gasteiger partial charge on any atom is -0.350 e. The number of urea groups is 1. The molecule has 0 fully saturated rings. The summed E-state index contributed by atoms with van der Waals surface area (Å²) in [6.07, 6.45) is 3.13. The molecule has 2 amide bonds. The Kier molecular flexibility index (Phi) is 3.10. The van der Waals surface area contributed by atoms with Crippen molar-refractivity contribution in [3.8, 4) is 0 Å². The van der Waals surface area contributed by atoms with Crippen molar-refractivity contribution in [1.29, 1.82) is 0 Å². The van der Waals surface area contributed by atoms with Crippen LogP contribution in [0.5, 0.6) is 0 Å². The molecule has 0 saturated carbocycles. The first kappa shape index (κ1) is 7.36. The molecular formula is C4H8N2OS. The zero-order chi connectivity index (χ0) is 6.57. The topological polar surface area (TPSA) is 46.3 Å². The Morgan fingerprint density at radius 3 is 2.50 bits per heavy atom. The van der Waals surface area contributed by atoms with E-state index in [0.29, 0.717) is 0 Å². The predicted octanol–water partition coefficient (Wildman–Crippen LogP) is 0.746. The molecule has 0 unspecified atom stereocenters. The van der Waals surface area contributed by atoms with Crippen molar-refractivity contribution in [2.24, 2.45) is 5.73 Å². The molecule has 0 heterocycles. The van der Waals surface area contributed by atoms with E-state index in [1.54, 1.807) is 13.0 Å². The number of nitrogens with two attached hydrogens (primary N) is 1. The van der Waals surface area contributed by atoms with E-state index in [4.69, 9.17) is 5.73 Å². The van der Waals surface area contributed by atoms with Crippen LogP contribution in [0, 0.1) is 0 Å². The molecule has 0 aromatic heterocycles. The number of carbonyl (C=O) groups excluding carboxylic acids is 1. The van der Waals surface area contributed by atoms with Crippen molar-refractivity contribution >= 4 is 18.8 Å². The molecule has 0 bridgehead atoms. The Morgan fingerprint density at radius 2 is 2.38 bits per heavy atom. The molecule has 2 N–H and O–H groups in total. The molecule has 0 aromatic carbocycles. The Bertz CT molecular complexity index is 113. The van der Waals surface area contributed by atoms with E-state index in [0.717, 1.165) is 4.31 Å². The molecule has 0 aliphatic rings. The van der Waals surface area contributed by atoms with Crippen molar-refractivity contribution in [3.05, 3.63) is 12.3 Å². The fourth-order valence-electron chi connectivity index (χ4n) is 0.215. The zero-order valence-corrected chi connectivity index (χ0v) is 5.43. The lowest BCUT2D eigenvalue weighted by molar-refractivity contribution is 0.242. The summed E-state index contributed by atoms with van der Waals surface area (Å²) in [6.45, 7) is 1.77. The second-order valence-electron chi connectivity index (χ2n) is 1.17. The van der Waals surface area contributed by atoms with Crippen LogP contribution in [0.15, 0.2) is 12.3 Å². The summed E-state index contributed by atoms with van der Waals surface area (Å²) < 4.78 is 1.00. The zero-order valence-electron chi connectivity index (χ0n) is 4.53. The van der Waals surface area contributed by atoms with E-state index >= 15 is 0 Å². The lowest BCUT2D eigenvalue weighted by Gasteiger charge is -2.02. The molecule has 0 aliphatic carbocycles. The maximum absolute atomic E-state index is 10.1. The minimum atomic E-state index is -0.577. The Morgan fingerprint density at radius 1 is 1.88 bits per heavy atom. The smallest absolute Gasteiger partial charge is 0.328 e. The molecule has 0 aliphatic heterocycles. The fraction of sp³-hybridized carbons (Fsp3) is 0.250. The van der Waals surface area contributed by atoms with Gasteiger partial charge in [0.1, 0.15) is 0 Å². The standard InChI is InChI=1S/C4H8N2OS/c1-2-3-6(8)4(5)7/h2-3,8H,1H3,(H2,5,7). The molecule has 0 rings (SSSR count). The quantitative estimate of drug-likeness (QED) is 0.508. The van der Waals surface area contributed by atoms with Gasteiger partial charge in [0.25, 0.3) is 0 Å². The predicted molar refractivity (Wildman–Crippen MR) is 35.2 cm³/mol. The average molecular weight is 132 g/mol. The number of rotatable bonds is 1. The lowest BCUT2D eigenvalue weighted by Crippen LogP contribution is -2.22. The number of amides is 2. The molecule has 46 valence electrons. The molecule has 3 nitrogen and oxygen atoms in total. The SMILES string of the molecule is CC=CN(S)C(N)=O. The molecule has 0 spiro atoms. The van der Waals surface area contributed by atoms with Gasteiger partial charge in [0.05, 0.1) is 0 Å². The van der Waals surface area contributed by atoms with Crippen molar-refractivity contribution in [2.75, 3.05) is 0 Å². The summed E-state index contributed by atoms with van der Waals surface area (Å²) in [4.78, 5) is 10.1. The van der Waals surface area contributed by atoms with Gasteiger partial charge in [0.15, 0.2) is 0 Å². The number of carbonyl (C=O) groups is 1. The van der Waals surface area contributed by atoms with Gasteiger partial charge in [-0.25, -0.2) is 9.10 Å². The van der Waals surface area contributed by atoms with E-state index in [1.807, 2.05) is 0 Å². The van der Waals surface area contributed by atoms with Gasteiger partial charge >= 0.3 is 6.03 Å². The maximum Gasteiger partial charge on any atom is 0.328 e. The summed E-state index contributed by atoms with van der Waals surface area (Å²) >= 11 is 3.68. The normalized spacial score (nSPS) is 9.75. The first-order valence-corrected chi connectivity index (χ1v) is 2.49. The van der Waals surface area contributed by atoms with E-state index in [9.17, 15) is 4.79 Å². The van der Waals surface area contributed by atoms with Crippen LogP contribution in [0.2, 0.25) is 0 Å². The van der Waals surface area contributed by atoms with Crippen molar-refractivity contribution in [2.45, 2.75) is 6.92 Å². The molecule has 0 aromatic rings. The molecule has 0 radical (unpaired) electrons. The van der Waals surface area contributed by atoms with E-state index in [1.165, 1.54) is 6.20 Å². The van der Waals surface area contributed by atoms with Crippen LogP contribution in [-0.2, 0) is 0 Å². The van der Waals surface area contributed by atoms with Crippen molar-refractivity contribution in [1.82, 2.24) is 4.31 Å². The number of nitrogens with zero attached hydrogens (tertiary/aromatic N) is 1. The summed E-state index contributed by atoms with van der Waals surface area (Å²) in [6, 6.07) is -0.577. The van der Waals surface area contributed by atoms with Crippen LogP contribution in [0.25, 0.3) is 0 Å². The van der Waals surface area contributed by atoms with Crippen LogP contribution in [0.3, 0.4) is 0 Å². The summed E-state index contributed by atoms with van der Waals surface area (Å²) in [5, 5.41) is 0. The monoisotopic (exact) mass is 132 g/mol. The molecular weight excluding hydrogens is 124 g/mol. The minimum absolute atomic E-state index is 0.577. The number of hydrogen-bond acceptors (Lipinski definition) is 2. The third-order valence-electron chi connectivity index (χ3n) is 0.516. The van der Waals surface area contributed by atoms with Gasteiger partial charge in [0.2, 0.25) is 0 Å². The van der Waals surface area contributed by atoms with E-state index in [2.05, 4.69) is 12.8 Å². The van der Waals surface area contributed by atoms with Crippen LogP contribution in [0.1, 0.15) is 6.92 Å². The van der Waals surface area contributed by atoms with Gasteiger partial charge in [-0.3, -0.25) is 0 Å². The second-order valence-corrected chi connectivity index (χ2v) is 1.60. The summed E-state index contributed by atoms with van der Waals surface area (Å²) in [5.41, 5.74) is 4.78. The Labute approximate surface area is 53.7 Å². The molecule has 8 heavy (non-hydrogen) atoms. The van der Waals surface area contributed by atoms with Gasteiger partial charge in [-0.05, 0) is 6.92 Å². The number of hydrogen-bond donors (Lipinski definition) is 2. The number of primary amides is 1. The second kappa shape index (κ2) is 3.37. The third-order valence-corrected chi connectivity index (χ3v) is 0.847. The Hall–Kier alpha value is -0.640. The van der Waals surface area contributed by atoms with Crippen molar-refractivity contribution in [3.63, 3.8) is 0 Å². The van der Waals surface area contributed by atoms with Gasteiger partial charge in [-0.1, -0.05) is 18.9 Å². The van der Waals surface area contributed by atoms with Crippen LogP contribution >= 0.6 is 12.8 Å². The highest BCUT2D eigenvalue weighted by Crippen LogP contribution is 1.91. The average Bonchev–Trinajstić information content (AvgIpc) is 1.67. The number of thiol groups is 1. The highest BCUT2D eigenvalue weighted by atomic mass is 32.1. The van der Waals surface area contributed by atoms with Crippen LogP contribution in [-0.4, -0.2) is 10.3 Å². The first-order valence-electron chi connectivity index (χ1n) is 2.09. The highest BCUT2D eigenvalue weighted by molar-refractivity contribution is 7.78. The van der Waals surface area contributed by atoms with Crippen LogP contribution < -0.4 is 5.73 Å². The first-order chi connectivity index (χ1) is 3.68. The molecule has 4 heteroatoms. The highest BCUT2D eigenvalue weighted by Gasteiger charge is 1.94. The molecule has 0 saturated heterocycles. The Balaban J connectivity index is 3.64. The molecule has 0 atom stereocenters. The van der Waals surface area contributed by atoms with E-state index in [-0.39, 0.29) is 0 Å². The third kappa shape index (κ3) is 2.52. The van der Waals surface area contributed by atoms with Gasteiger partial charge in [-0.2, -0.15) is 0 Å². The van der Waals surface area contributed by atoms with Gasteiger partial charge in [0, 0.05) is 6.20 Å². The summed E-state index contributed by atoms with van der Waals surface area (Å²) in [5.74, 6) is 0. The summed E-state index contributed by atoms with van der Waals surface area (Å²) in [7, 11) is 0. The largest absolute Gasteiger partial charge is 0.350 e. The van der Waals surface area contributed by atoms with Crippen LogP contribution in [0.4, 0.5) is 4.79 Å². The number of allylic oxidation sites excluding steroid dienone is 1. The maximum atomic E-state index is 10.1. The lowest BCUT2D eigenvalue weighted by atomic mass is 10.7. The fourth-order valence-corrected chi connectivity index (χ4v) is 0.348. The van der Waals surface area contributed by atoms with Crippen molar-refractivity contribution < 1.29 is 4.79 Å². The van der Waals surface area contributed by atoms with Gasteiger partial charge in [-0.15, -0.1) is 0 Å². The van der Waals surface area contributed by atoms with Gasteiger partial charge < -0.3 is 5.73 Å². The van der Waals surface area contributed by atoms with E-state index < -0.39 is 6.03 Å².